The Bertz CT molecular complexity index is 544. The van der Waals surface area contributed by atoms with Crippen LogP contribution in [0.5, 0.6) is 0 Å². The minimum absolute atomic E-state index is 0.218. The number of amides is 1. The average molecular weight is 326 g/mol. The van der Waals surface area contributed by atoms with E-state index in [1.54, 1.807) is 0 Å². The lowest BCUT2D eigenvalue weighted by molar-refractivity contribution is -0.132. The van der Waals surface area contributed by atoms with E-state index >= 15 is 0 Å². The molecular weight excluding hydrogens is 302 g/mol. The number of hydrogen-bond donors (Lipinski definition) is 1. The van der Waals surface area contributed by atoms with Crippen molar-refractivity contribution >= 4 is 5.91 Å². The van der Waals surface area contributed by atoms with Gasteiger partial charge in [0.25, 0.3) is 5.91 Å². The number of carbonyl (C=O) groups is 1. The van der Waals surface area contributed by atoms with Gasteiger partial charge in [0.05, 0.1) is 12.7 Å². The molecule has 0 bridgehead atoms. The molecule has 0 aliphatic carbocycles. The quantitative estimate of drug-likeness (QED) is 0.780. The smallest absolute Gasteiger partial charge is 0.315 e. The fraction of sp³-hybridized carbons (Fsp3) is 0.625. The first-order valence-corrected chi connectivity index (χ1v) is 7.91. The molecule has 1 aliphatic heterocycles. The molecule has 0 unspecified atom stereocenters. The van der Waals surface area contributed by atoms with Crippen LogP contribution in [-0.2, 0) is 17.9 Å². The number of allylic oxidation sites excluding steroid dienone is 1. The van der Waals surface area contributed by atoms with Crippen LogP contribution in [0.25, 0.3) is 0 Å². The van der Waals surface area contributed by atoms with Crippen molar-refractivity contribution in [2.45, 2.75) is 39.3 Å². The van der Waals surface area contributed by atoms with Crippen molar-refractivity contribution in [3.8, 4) is 0 Å². The van der Waals surface area contributed by atoms with E-state index in [9.17, 15) is 13.6 Å². The lowest BCUT2D eigenvalue weighted by atomic mass is 9.97. The second kappa shape index (κ2) is 8.19. The van der Waals surface area contributed by atoms with Crippen LogP contribution in [0.4, 0.5) is 8.78 Å². The number of rotatable bonds is 7. The lowest BCUT2D eigenvalue weighted by Crippen LogP contribution is -2.41. The zero-order valence-electron chi connectivity index (χ0n) is 13.5. The van der Waals surface area contributed by atoms with Gasteiger partial charge in [-0.05, 0) is 32.2 Å². The number of carbonyl (C=O) groups excluding carboxylic acids is 1. The summed E-state index contributed by atoms with van der Waals surface area (Å²) in [5, 5.41) is 6.67. The van der Waals surface area contributed by atoms with Gasteiger partial charge in [0.2, 0.25) is 0 Å². The van der Waals surface area contributed by atoms with Gasteiger partial charge in [-0.15, -0.1) is 6.58 Å². The van der Waals surface area contributed by atoms with Gasteiger partial charge in [-0.2, -0.15) is 13.9 Å². The van der Waals surface area contributed by atoms with E-state index in [2.05, 4.69) is 21.9 Å². The maximum Gasteiger partial charge on any atom is 0.315 e. The second-order valence-electron chi connectivity index (χ2n) is 6.02. The summed E-state index contributed by atoms with van der Waals surface area (Å²) in [5.74, 6) is -0.960. The van der Waals surface area contributed by atoms with Crippen molar-refractivity contribution in [3.63, 3.8) is 0 Å². The highest BCUT2D eigenvalue weighted by molar-refractivity contribution is 5.79. The van der Waals surface area contributed by atoms with Crippen LogP contribution >= 0.6 is 0 Å². The van der Waals surface area contributed by atoms with Crippen LogP contribution in [0, 0.1) is 12.8 Å². The van der Waals surface area contributed by atoms with E-state index in [4.69, 9.17) is 0 Å². The summed E-state index contributed by atoms with van der Waals surface area (Å²) in [6, 6.07) is 0. The molecule has 2 rings (SSSR count). The van der Waals surface area contributed by atoms with E-state index in [-0.39, 0.29) is 5.92 Å². The molecule has 1 aromatic rings. The highest BCUT2D eigenvalue weighted by Gasteiger charge is 2.23. The normalized spacial score (nSPS) is 19.0. The lowest BCUT2D eigenvalue weighted by Gasteiger charge is -2.32. The third kappa shape index (κ3) is 4.86. The average Bonchev–Trinajstić information content (AvgIpc) is 2.86. The molecule has 0 aromatic carbocycles. The zero-order valence-corrected chi connectivity index (χ0v) is 13.5. The van der Waals surface area contributed by atoms with Crippen molar-refractivity contribution in [3.05, 3.63) is 30.1 Å². The third-order valence-corrected chi connectivity index (χ3v) is 4.27. The highest BCUT2D eigenvalue weighted by atomic mass is 19.3. The molecule has 7 heteroatoms. The highest BCUT2D eigenvalue weighted by Crippen LogP contribution is 2.19. The molecule has 0 saturated carbocycles. The fourth-order valence-corrected chi connectivity index (χ4v) is 2.97. The van der Waals surface area contributed by atoms with Crippen LogP contribution in [-0.4, -0.2) is 46.6 Å². The van der Waals surface area contributed by atoms with Crippen LogP contribution in [0.2, 0.25) is 0 Å². The van der Waals surface area contributed by atoms with Gasteiger partial charge in [-0.1, -0.05) is 6.08 Å². The van der Waals surface area contributed by atoms with Crippen molar-refractivity contribution in [1.29, 1.82) is 0 Å². The van der Waals surface area contributed by atoms with Crippen LogP contribution in [0.3, 0.4) is 0 Å². The SMILES string of the molecule is C=CCn1ncc(CN2CCC[C@@H](CNC(=O)C(F)F)C2)c1C. The summed E-state index contributed by atoms with van der Waals surface area (Å²) in [6.45, 7) is 9.33. The third-order valence-electron chi connectivity index (χ3n) is 4.27. The van der Waals surface area contributed by atoms with E-state index in [1.165, 1.54) is 5.56 Å². The van der Waals surface area contributed by atoms with Crippen LogP contribution < -0.4 is 5.32 Å². The number of piperidine rings is 1. The summed E-state index contributed by atoms with van der Waals surface area (Å²) in [7, 11) is 0. The van der Waals surface area contributed by atoms with Crippen molar-refractivity contribution in [1.82, 2.24) is 20.0 Å². The van der Waals surface area contributed by atoms with E-state index in [0.29, 0.717) is 13.1 Å². The molecular formula is C16H24F2N4O. The van der Waals surface area contributed by atoms with Crippen molar-refractivity contribution in [2.75, 3.05) is 19.6 Å². The molecule has 2 heterocycles. The second-order valence-corrected chi connectivity index (χ2v) is 6.02. The van der Waals surface area contributed by atoms with E-state index in [0.717, 1.165) is 38.2 Å². The standard InChI is InChI=1S/C16H24F2N4O/c1-3-6-22-12(2)14(9-20-22)11-21-7-4-5-13(10-21)8-19-16(23)15(17)18/h3,9,13,15H,1,4-8,10-11H2,2H3,(H,19,23)/t13-/m0/s1. The monoisotopic (exact) mass is 326 g/mol. The molecule has 1 saturated heterocycles. The molecule has 128 valence electrons. The Labute approximate surface area is 135 Å². The van der Waals surface area contributed by atoms with Gasteiger partial charge in [-0.3, -0.25) is 14.4 Å². The van der Waals surface area contributed by atoms with Gasteiger partial charge >= 0.3 is 6.43 Å². The molecule has 0 radical (unpaired) electrons. The van der Waals surface area contributed by atoms with Crippen LogP contribution in [0.1, 0.15) is 24.1 Å². The minimum Gasteiger partial charge on any atom is -0.351 e. The Hall–Kier alpha value is -1.76. The molecule has 23 heavy (non-hydrogen) atoms. The summed E-state index contributed by atoms with van der Waals surface area (Å²) < 4.78 is 26.3. The molecule has 1 N–H and O–H groups in total. The number of hydrogen-bond acceptors (Lipinski definition) is 3. The molecule has 1 amide bonds. The largest absolute Gasteiger partial charge is 0.351 e. The van der Waals surface area contributed by atoms with Gasteiger partial charge in [0.15, 0.2) is 0 Å². The van der Waals surface area contributed by atoms with E-state index < -0.39 is 12.3 Å². The van der Waals surface area contributed by atoms with Gasteiger partial charge in [0.1, 0.15) is 0 Å². The Kier molecular flexibility index (Phi) is 6.27. The number of halogens is 2. The summed E-state index contributed by atoms with van der Waals surface area (Å²) in [5.41, 5.74) is 2.29. The molecule has 5 nitrogen and oxygen atoms in total. The Morgan fingerprint density at radius 3 is 3.09 bits per heavy atom. The number of aromatic nitrogens is 2. The van der Waals surface area contributed by atoms with Gasteiger partial charge in [-0.25, -0.2) is 0 Å². The zero-order chi connectivity index (χ0) is 16.8. The molecule has 1 aliphatic rings. The van der Waals surface area contributed by atoms with Crippen molar-refractivity contribution < 1.29 is 13.6 Å². The Balaban J connectivity index is 1.86. The van der Waals surface area contributed by atoms with Gasteiger partial charge < -0.3 is 5.32 Å². The Morgan fingerprint density at radius 2 is 2.39 bits per heavy atom. The maximum atomic E-state index is 12.2. The van der Waals surface area contributed by atoms with E-state index in [1.807, 2.05) is 23.9 Å². The first-order chi connectivity index (χ1) is 11.0. The van der Waals surface area contributed by atoms with Gasteiger partial charge in [0, 0.05) is 30.9 Å². The predicted molar refractivity (Wildman–Crippen MR) is 84.2 cm³/mol. The van der Waals surface area contributed by atoms with Crippen molar-refractivity contribution in [2.24, 2.45) is 5.92 Å². The minimum atomic E-state index is -2.94. The summed E-state index contributed by atoms with van der Waals surface area (Å²) in [4.78, 5) is 13.3. The number of likely N-dealkylation sites (tertiary alicyclic amines) is 1. The fourth-order valence-electron chi connectivity index (χ4n) is 2.97. The summed E-state index contributed by atoms with van der Waals surface area (Å²) >= 11 is 0. The molecule has 1 atom stereocenters. The topological polar surface area (TPSA) is 50.2 Å². The van der Waals surface area contributed by atoms with Crippen LogP contribution in [0.15, 0.2) is 18.9 Å². The number of alkyl halides is 2. The molecule has 1 fully saturated rings. The number of nitrogens with one attached hydrogen (secondary N) is 1. The first kappa shape index (κ1) is 17.6. The Morgan fingerprint density at radius 1 is 1.61 bits per heavy atom. The predicted octanol–water partition coefficient (Wildman–Crippen LogP) is 1.97. The maximum absolute atomic E-state index is 12.2. The summed E-state index contributed by atoms with van der Waals surface area (Å²) in [6.07, 6.45) is 2.71. The number of nitrogens with zero attached hydrogens (tertiary/aromatic N) is 3. The molecule has 0 spiro atoms. The first-order valence-electron chi connectivity index (χ1n) is 7.91. The molecule has 1 aromatic heterocycles.